The van der Waals surface area contributed by atoms with Gasteiger partial charge in [0.25, 0.3) is 0 Å². The first-order valence-corrected chi connectivity index (χ1v) is 12.6. The molecule has 8 nitrogen and oxygen atoms in total. The van der Waals surface area contributed by atoms with Gasteiger partial charge in [-0.3, -0.25) is 9.78 Å². The lowest BCUT2D eigenvalue weighted by atomic mass is 9.99. The van der Waals surface area contributed by atoms with Crippen molar-refractivity contribution >= 4 is 17.4 Å². The van der Waals surface area contributed by atoms with Crippen molar-refractivity contribution in [3.05, 3.63) is 114 Å². The average Bonchev–Trinajstić information content (AvgIpc) is 3.45. The van der Waals surface area contributed by atoms with Crippen LogP contribution < -0.4 is 5.32 Å². The molecule has 0 bridgehead atoms. The maximum Gasteiger partial charge on any atom is 0.416 e. The zero-order valence-corrected chi connectivity index (χ0v) is 22.1. The monoisotopic (exact) mass is 558 g/mol. The molecule has 0 aliphatic carbocycles. The number of nitrogens with one attached hydrogen (secondary N) is 1. The second kappa shape index (κ2) is 11.3. The molecule has 0 amide bonds. The van der Waals surface area contributed by atoms with Gasteiger partial charge in [-0.1, -0.05) is 12.1 Å². The van der Waals surface area contributed by atoms with Crippen molar-refractivity contribution in [1.29, 1.82) is 0 Å². The third kappa shape index (κ3) is 6.47. The zero-order chi connectivity index (χ0) is 29.1. The molecule has 0 saturated carbocycles. The Kier molecular flexibility index (Phi) is 7.62. The van der Waals surface area contributed by atoms with Gasteiger partial charge in [0.2, 0.25) is 5.95 Å². The van der Waals surface area contributed by atoms with Crippen molar-refractivity contribution in [2.24, 2.45) is 0 Å². The van der Waals surface area contributed by atoms with Crippen molar-refractivity contribution in [2.75, 3.05) is 5.32 Å². The minimum absolute atomic E-state index is 0.180. The van der Waals surface area contributed by atoms with E-state index in [4.69, 9.17) is 0 Å². The number of anilines is 2. The lowest BCUT2D eigenvalue weighted by Crippen LogP contribution is -2.10. The van der Waals surface area contributed by atoms with Crippen LogP contribution in [0.3, 0.4) is 0 Å². The van der Waals surface area contributed by atoms with Crippen molar-refractivity contribution in [3.63, 3.8) is 0 Å². The summed E-state index contributed by atoms with van der Waals surface area (Å²) in [6, 6.07) is 13.9. The molecular weight excluding hydrogens is 533 g/mol. The van der Waals surface area contributed by atoms with Gasteiger partial charge < -0.3 is 15.0 Å². The Morgan fingerprint density at radius 1 is 1.07 bits per heavy atom. The fourth-order valence-corrected chi connectivity index (χ4v) is 4.22. The number of carbonyl (C=O) groups excluding carboxylic acids is 1. The van der Waals surface area contributed by atoms with Crippen molar-refractivity contribution in [1.82, 2.24) is 24.5 Å². The Bertz CT molecular complexity index is 1700. The van der Waals surface area contributed by atoms with Crippen LogP contribution in [0.4, 0.5) is 24.8 Å². The number of hydrogen-bond donors (Lipinski definition) is 2. The van der Waals surface area contributed by atoms with Crippen LogP contribution in [0.25, 0.3) is 16.9 Å². The Labute approximate surface area is 233 Å². The number of aryl methyl sites for hydroxylation is 1. The van der Waals surface area contributed by atoms with Gasteiger partial charge in [0.15, 0.2) is 5.78 Å². The molecule has 0 unspecified atom stereocenters. The van der Waals surface area contributed by atoms with Crippen molar-refractivity contribution in [2.45, 2.75) is 32.5 Å². The van der Waals surface area contributed by atoms with E-state index >= 15 is 0 Å². The third-order valence-electron chi connectivity index (χ3n) is 6.42. The summed E-state index contributed by atoms with van der Waals surface area (Å²) in [7, 11) is 0. The summed E-state index contributed by atoms with van der Waals surface area (Å²) in [5.41, 5.74) is 3.02. The molecule has 5 aromatic rings. The first-order valence-electron chi connectivity index (χ1n) is 12.6. The Hall–Kier alpha value is -4.90. The number of halogens is 3. The number of pyridine rings is 1. The zero-order valence-electron chi connectivity index (χ0n) is 22.1. The van der Waals surface area contributed by atoms with Gasteiger partial charge in [-0.15, -0.1) is 0 Å². The fourth-order valence-electron chi connectivity index (χ4n) is 4.22. The second-order valence-electron chi connectivity index (χ2n) is 9.53. The summed E-state index contributed by atoms with van der Waals surface area (Å²) in [6.45, 7) is 3.37. The SMILES string of the molecule is Cc1ccc(C(=O)Cc2cc(-n3cnc([C@@H](C)O)c3)cc(C(F)(F)F)c2)cc1Nc1nccc(-c2cccnc2)n1. The number of hydrogen-bond acceptors (Lipinski definition) is 7. The predicted molar refractivity (Wildman–Crippen MR) is 147 cm³/mol. The molecule has 1 atom stereocenters. The smallest absolute Gasteiger partial charge is 0.387 e. The summed E-state index contributed by atoms with van der Waals surface area (Å²) >= 11 is 0. The highest BCUT2D eigenvalue weighted by Crippen LogP contribution is 2.32. The summed E-state index contributed by atoms with van der Waals surface area (Å²) < 4.78 is 42.6. The Morgan fingerprint density at radius 3 is 2.61 bits per heavy atom. The highest BCUT2D eigenvalue weighted by molar-refractivity contribution is 5.98. The molecular formula is C30H25F3N6O2. The van der Waals surface area contributed by atoms with Crippen LogP contribution in [0.15, 0.2) is 85.7 Å². The minimum Gasteiger partial charge on any atom is -0.387 e. The lowest BCUT2D eigenvalue weighted by molar-refractivity contribution is -0.137. The minimum atomic E-state index is -4.62. The van der Waals surface area contributed by atoms with Crippen LogP contribution >= 0.6 is 0 Å². The molecule has 0 fully saturated rings. The number of aliphatic hydroxyl groups excluding tert-OH is 1. The molecule has 0 radical (unpaired) electrons. The quantitative estimate of drug-likeness (QED) is 0.216. The number of carbonyl (C=O) groups is 1. The van der Waals surface area contributed by atoms with E-state index in [1.807, 2.05) is 13.0 Å². The maximum absolute atomic E-state index is 13.7. The number of nitrogens with zero attached hydrogens (tertiary/aromatic N) is 5. The van der Waals surface area contributed by atoms with Gasteiger partial charge in [-0.2, -0.15) is 13.2 Å². The molecule has 2 N–H and O–H groups in total. The summed E-state index contributed by atoms with van der Waals surface area (Å²) in [6.07, 6.45) is 1.99. The number of ketones is 1. The van der Waals surface area contributed by atoms with E-state index in [9.17, 15) is 23.1 Å². The van der Waals surface area contributed by atoms with Gasteiger partial charge in [0.05, 0.1) is 29.4 Å². The summed E-state index contributed by atoms with van der Waals surface area (Å²) in [5, 5.41) is 12.9. The largest absolute Gasteiger partial charge is 0.416 e. The lowest BCUT2D eigenvalue weighted by Gasteiger charge is -2.14. The highest BCUT2D eigenvalue weighted by Gasteiger charge is 2.31. The number of alkyl halides is 3. The highest BCUT2D eigenvalue weighted by atomic mass is 19.4. The molecule has 2 aromatic carbocycles. The maximum atomic E-state index is 13.7. The summed E-state index contributed by atoms with van der Waals surface area (Å²) in [5.74, 6) is -0.0443. The van der Waals surface area contributed by atoms with Crippen molar-refractivity contribution in [3.8, 4) is 16.9 Å². The molecule has 0 saturated heterocycles. The molecule has 3 heterocycles. The molecule has 0 aliphatic heterocycles. The topological polar surface area (TPSA) is 106 Å². The second-order valence-corrected chi connectivity index (χ2v) is 9.53. The van der Waals surface area contributed by atoms with E-state index in [2.05, 4.69) is 25.3 Å². The van der Waals surface area contributed by atoms with Gasteiger partial charge in [0.1, 0.15) is 0 Å². The van der Waals surface area contributed by atoms with Gasteiger partial charge in [0, 0.05) is 53.7 Å². The number of aliphatic hydroxyl groups is 1. The molecule has 3 aromatic heterocycles. The van der Waals surface area contributed by atoms with E-state index in [0.717, 1.165) is 23.3 Å². The average molecular weight is 559 g/mol. The van der Waals surface area contributed by atoms with E-state index < -0.39 is 17.8 Å². The summed E-state index contributed by atoms with van der Waals surface area (Å²) in [4.78, 5) is 30.2. The first kappa shape index (κ1) is 27.7. The number of imidazole rings is 1. The molecule has 5 rings (SSSR count). The standard InChI is InChI=1S/C30H25F3N6O2/c1-18-5-6-21(13-26(18)38-29-35-9-7-25(37-29)22-4-3-8-34-15-22)28(41)12-20-10-23(30(31,32)33)14-24(11-20)39-16-27(19(2)40)36-17-39/h3-11,13-17,19,40H,12H2,1-2H3,(H,35,37,38)/t19-/m1/s1. The fraction of sp³-hybridized carbons (Fsp3) is 0.167. The van der Waals surface area contributed by atoms with Crippen LogP contribution in [0.5, 0.6) is 0 Å². The number of rotatable bonds is 8. The van der Waals surface area contributed by atoms with Crippen molar-refractivity contribution < 1.29 is 23.1 Å². The number of aromatic nitrogens is 5. The van der Waals surface area contributed by atoms with Gasteiger partial charge in [-0.05, 0) is 67.4 Å². The third-order valence-corrected chi connectivity index (χ3v) is 6.42. The van der Waals surface area contributed by atoms with E-state index in [0.29, 0.717) is 28.6 Å². The molecule has 208 valence electrons. The molecule has 0 spiro atoms. The van der Waals surface area contributed by atoms with E-state index in [-0.39, 0.29) is 23.5 Å². The van der Waals surface area contributed by atoms with E-state index in [1.165, 1.54) is 30.1 Å². The van der Waals surface area contributed by atoms with Crippen LogP contribution in [-0.2, 0) is 12.6 Å². The van der Waals surface area contributed by atoms with Crippen LogP contribution in [0.1, 0.15) is 45.8 Å². The predicted octanol–water partition coefficient (Wildman–Crippen LogP) is 6.27. The van der Waals surface area contributed by atoms with Crippen LogP contribution in [0, 0.1) is 6.92 Å². The number of benzene rings is 2. The van der Waals surface area contributed by atoms with Gasteiger partial charge in [-0.25, -0.2) is 15.0 Å². The first-order chi connectivity index (χ1) is 19.6. The normalized spacial score (nSPS) is 12.2. The number of Topliss-reactive ketones (excluding diaryl/α,β-unsaturated/α-hetero) is 1. The van der Waals surface area contributed by atoms with Crippen LogP contribution in [0.2, 0.25) is 0 Å². The van der Waals surface area contributed by atoms with Gasteiger partial charge >= 0.3 is 6.18 Å². The Balaban J connectivity index is 1.41. The Morgan fingerprint density at radius 2 is 1.90 bits per heavy atom. The van der Waals surface area contributed by atoms with E-state index in [1.54, 1.807) is 48.9 Å². The molecule has 11 heteroatoms. The molecule has 0 aliphatic rings. The van der Waals surface area contributed by atoms with Crippen LogP contribution in [-0.4, -0.2) is 35.4 Å². The molecule has 41 heavy (non-hydrogen) atoms.